The average molecular weight is 305 g/mol. The Balaban J connectivity index is 2.43. The van der Waals surface area contributed by atoms with Crippen LogP contribution in [0.1, 0.15) is 41.3 Å². The van der Waals surface area contributed by atoms with Crippen molar-refractivity contribution < 1.29 is 14.6 Å². The quantitative estimate of drug-likeness (QED) is 0.837. The average Bonchev–Trinajstić information content (AvgIpc) is 2.42. The van der Waals surface area contributed by atoms with Gasteiger partial charge in [-0.15, -0.1) is 0 Å². The SMILES string of the molecule is Cc1ccc(C(C)C)cc1Oc1ccc(Cl)cc1C(=O)O. The van der Waals surface area contributed by atoms with Crippen LogP contribution >= 0.6 is 11.6 Å². The molecule has 0 fully saturated rings. The van der Waals surface area contributed by atoms with Gasteiger partial charge in [-0.3, -0.25) is 0 Å². The van der Waals surface area contributed by atoms with Crippen LogP contribution in [0.15, 0.2) is 36.4 Å². The third-order valence-electron chi connectivity index (χ3n) is 3.27. The predicted octanol–water partition coefficient (Wildman–Crippen LogP) is 5.26. The monoisotopic (exact) mass is 304 g/mol. The Morgan fingerprint density at radius 2 is 1.86 bits per heavy atom. The summed E-state index contributed by atoms with van der Waals surface area (Å²) in [5, 5.41) is 9.61. The second-order valence-corrected chi connectivity index (χ2v) is 5.66. The third-order valence-corrected chi connectivity index (χ3v) is 3.51. The summed E-state index contributed by atoms with van der Waals surface area (Å²) >= 11 is 5.84. The van der Waals surface area contributed by atoms with Crippen molar-refractivity contribution in [3.05, 3.63) is 58.1 Å². The number of hydrogen-bond acceptors (Lipinski definition) is 2. The van der Waals surface area contributed by atoms with Crippen molar-refractivity contribution in [2.45, 2.75) is 26.7 Å². The van der Waals surface area contributed by atoms with Gasteiger partial charge in [0.15, 0.2) is 0 Å². The Morgan fingerprint density at radius 3 is 2.48 bits per heavy atom. The smallest absolute Gasteiger partial charge is 0.339 e. The molecule has 0 amide bonds. The first-order chi connectivity index (χ1) is 9.88. The number of carboxylic acid groups (broad SMARTS) is 1. The van der Waals surface area contributed by atoms with Gasteiger partial charge < -0.3 is 9.84 Å². The Morgan fingerprint density at radius 1 is 1.14 bits per heavy atom. The number of rotatable bonds is 4. The van der Waals surface area contributed by atoms with Gasteiger partial charge in [-0.2, -0.15) is 0 Å². The van der Waals surface area contributed by atoms with Gasteiger partial charge in [-0.05, 0) is 48.2 Å². The van der Waals surface area contributed by atoms with Gasteiger partial charge in [0.1, 0.15) is 17.1 Å². The molecule has 0 aliphatic rings. The highest BCUT2D eigenvalue weighted by atomic mass is 35.5. The van der Waals surface area contributed by atoms with E-state index in [1.165, 1.54) is 6.07 Å². The van der Waals surface area contributed by atoms with Crippen LogP contribution in [0, 0.1) is 6.92 Å². The number of carboxylic acids is 1. The first-order valence-corrected chi connectivity index (χ1v) is 7.07. The number of benzene rings is 2. The topological polar surface area (TPSA) is 46.5 Å². The Bertz CT molecular complexity index is 678. The molecule has 1 N–H and O–H groups in total. The molecule has 0 radical (unpaired) electrons. The van der Waals surface area contributed by atoms with Crippen molar-refractivity contribution >= 4 is 17.6 Å². The van der Waals surface area contributed by atoms with Gasteiger partial charge in [0, 0.05) is 5.02 Å². The van der Waals surface area contributed by atoms with Crippen molar-refractivity contribution in [1.29, 1.82) is 0 Å². The lowest BCUT2D eigenvalue weighted by molar-refractivity contribution is 0.0694. The Hall–Kier alpha value is -2.00. The molecule has 0 bridgehead atoms. The second kappa shape index (κ2) is 6.19. The van der Waals surface area contributed by atoms with Crippen LogP contribution in [0.2, 0.25) is 5.02 Å². The largest absolute Gasteiger partial charge is 0.478 e. The summed E-state index contributed by atoms with van der Waals surface area (Å²) in [6.45, 7) is 6.12. The zero-order valence-corrected chi connectivity index (χ0v) is 12.9. The predicted molar refractivity (Wildman–Crippen MR) is 83.8 cm³/mol. The lowest BCUT2D eigenvalue weighted by Crippen LogP contribution is -2.01. The molecule has 0 aromatic heterocycles. The number of aromatic carboxylic acids is 1. The summed E-state index contributed by atoms with van der Waals surface area (Å²) in [4.78, 5) is 11.3. The molecule has 0 saturated carbocycles. The number of halogens is 1. The van der Waals surface area contributed by atoms with Crippen molar-refractivity contribution in [3.63, 3.8) is 0 Å². The van der Waals surface area contributed by atoms with Crippen molar-refractivity contribution in [2.75, 3.05) is 0 Å². The van der Waals surface area contributed by atoms with Gasteiger partial charge in [0.25, 0.3) is 0 Å². The van der Waals surface area contributed by atoms with Gasteiger partial charge in [-0.25, -0.2) is 4.79 Å². The minimum absolute atomic E-state index is 0.0526. The lowest BCUT2D eigenvalue weighted by Gasteiger charge is -2.14. The highest BCUT2D eigenvalue weighted by Gasteiger charge is 2.14. The van der Waals surface area contributed by atoms with E-state index in [1.54, 1.807) is 12.1 Å². The molecule has 2 aromatic rings. The van der Waals surface area contributed by atoms with E-state index >= 15 is 0 Å². The van der Waals surface area contributed by atoms with Gasteiger partial charge >= 0.3 is 5.97 Å². The van der Waals surface area contributed by atoms with Crippen LogP contribution in [0.4, 0.5) is 0 Å². The van der Waals surface area contributed by atoms with Gasteiger partial charge in [0.2, 0.25) is 0 Å². The molecular formula is C17H17ClO3. The third kappa shape index (κ3) is 3.56. The standard InChI is InChI=1S/C17H17ClO3/c1-10(2)12-5-4-11(3)16(8-12)21-15-7-6-13(18)9-14(15)17(19)20/h4-10H,1-3H3,(H,19,20). The Kier molecular flexibility index (Phi) is 4.53. The Labute approximate surface area is 129 Å². The molecule has 0 aliphatic heterocycles. The minimum atomic E-state index is -1.06. The van der Waals surface area contributed by atoms with E-state index in [1.807, 2.05) is 25.1 Å². The molecule has 2 aromatic carbocycles. The molecule has 3 nitrogen and oxygen atoms in total. The fourth-order valence-electron chi connectivity index (χ4n) is 1.96. The lowest BCUT2D eigenvalue weighted by atomic mass is 10.0. The van der Waals surface area contributed by atoms with Crippen LogP contribution < -0.4 is 4.74 Å². The summed E-state index contributed by atoms with van der Waals surface area (Å²) < 4.78 is 5.81. The maximum Gasteiger partial charge on any atom is 0.339 e. The number of carbonyl (C=O) groups is 1. The van der Waals surface area contributed by atoms with Crippen molar-refractivity contribution in [3.8, 4) is 11.5 Å². The van der Waals surface area contributed by atoms with Crippen LogP contribution in [0.25, 0.3) is 0 Å². The highest BCUT2D eigenvalue weighted by molar-refractivity contribution is 6.31. The normalized spacial score (nSPS) is 10.7. The molecule has 0 heterocycles. The maximum atomic E-state index is 11.3. The summed E-state index contributed by atoms with van der Waals surface area (Å²) in [6.07, 6.45) is 0. The minimum Gasteiger partial charge on any atom is -0.478 e. The van der Waals surface area contributed by atoms with Crippen LogP contribution in [0.5, 0.6) is 11.5 Å². The zero-order valence-electron chi connectivity index (χ0n) is 12.2. The number of hydrogen-bond donors (Lipinski definition) is 1. The summed E-state index contributed by atoms with van der Waals surface area (Å²) in [5.74, 6) is 0.254. The van der Waals surface area contributed by atoms with Crippen LogP contribution in [0.3, 0.4) is 0 Å². The molecule has 0 aliphatic carbocycles. The fraction of sp³-hybridized carbons (Fsp3) is 0.235. The maximum absolute atomic E-state index is 11.3. The fourth-order valence-corrected chi connectivity index (χ4v) is 2.13. The molecule has 0 atom stereocenters. The van der Waals surface area contributed by atoms with E-state index in [-0.39, 0.29) is 11.3 Å². The molecule has 2 rings (SSSR count). The highest BCUT2D eigenvalue weighted by Crippen LogP contribution is 2.32. The van der Waals surface area contributed by atoms with Crippen molar-refractivity contribution in [2.24, 2.45) is 0 Å². The first-order valence-electron chi connectivity index (χ1n) is 6.69. The van der Waals surface area contributed by atoms with E-state index in [4.69, 9.17) is 16.3 Å². The second-order valence-electron chi connectivity index (χ2n) is 5.23. The first kappa shape index (κ1) is 15.4. The van der Waals surface area contributed by atoms with E-state index in [0.717, 1.165) is 11.1 Å². The van der Waals surface area contributed by atoms with Crippen molar-refractivity contribution in [1.82, 2.24) is 0 Å². The summed E-state index contributed by atoms with van der Waals surface area (Å²) in [6, 6.07) is 10.5. The van der Waals surface area contributed by atoms with E-state index in [9.17, 15) is 9.90 Å². The summed E-state index contributed by atoms with van der Waals surface area (Å²) in [7, 11) is 0. The molecule has 0 unspecified atom stereocenters. The van der Waals surface area contributed by atoms with Gasteiger partial charge in [-0.1, -0.05) is 37.6 Å². The molecular weight excluding hydrogens is 288 g/mol. The molecule has 110 valence electrons. The van der Waals surface area contributed by atoms with E-state index < -0.39 is 5.97 Å². The van der Waals surface area contributed by atoms with E-state index in [2.05, 4.69) is 13.8 Å². The van der Waals surface area contributed by atoms with Crippen LogP contribution in [-0.4, -0.2) is 11.1 Å². The number of aryl methyl sites for hydroxylation is 1. The zero-order chi connectivity index (χ0) is 15.6. The van der Waals surface area contributed by atoms with Crippen LogP contribution in [-0.2, 0) is 0 Å². The summed E-state index contributed by atoms with van der Waals surface area (Å²) in [5.41, 5.74) is 2.14. The number of ether oxygens (including phenoxy) is 1. The van der Waals surface area contributed by atoms with Gasteiger partial charge in [0.05, 0.1) is 0 Å². The molecule has 4 heteroatoms. The molecule has 0 spiro atoms. The molecule has 0 saturated heterocycles. The van der Waals surface area contributed by atoms with E-state index in [0.29, 0.717) is 16.7 Å². The molecule has 21 heavy (non-hydrogen) atoms.